The monoisotopic (exact) mass is 273 g/mol. The van der Waals surface area contributed by atoms with Crippen LogP contribution in [0, 0.1) is 0 Å². The Balaban J connectivity index is 1.93. The van der Waals surface area contributed by atoms with Crippen LogP contribution in [0.2, 0.25) is 0 Å². The highest BCUT2D eigenvalue weighted by molar-refractivity contribution is 5.57. The van der Waals surface area contributed by atoms with Crippen molar-refractivity contribution in [1.82, 2.24) is 4.90 Å². The number of aryl methyl sites for hydroxylation is 1. The average molecular weight is 273 g/mol. The van der Waals surface area contributed by atoms with E-state index in [0.717, 1.165) is 19.6 Å². The Labute approximate surface area is 122 Å². The number of anilines is 1. The lowest BCUT2D eigenvalue weighted by molar-refractivity contribution is 0.314. The van der Waals surface area contributed by atoms with Crippen molar-refractivity contribution in [2.45, 2.75) is 37.6 Å². The molecule has 3 nitrogen and oxygen atoms in total. The number of hydrogen-bond acceptors (Lipinski definition) is 3. The molecule has 20 heavy (non-hydrogen) atoms. The maximum atomic E-state index is 6.28. The van der Waals surface area contributed by atoms with E-state index in [1.54, 1.807) is 0 Å². The van der Waals surface area contributed by atoms with Crippen LogP contribution in [0.1, 0.15) is 31.2 Å². The van der Waals surface area contributed by atoms with Crippen LogP contribution in [0.3, 0.4) is 0 Å². The van der Waals surface area contributed by atoms with Gasteiger partial charge in [0.15, 0.2) is 0 Å². The number of rotatable bonds is 2. The smallest absolute Gasteiger partial charge is 0.0536 e. The molecule has 0 aliphatic carbocycles. The first-order valence-electron chi connectivity index (χ1n) is 7.99. The fourth-order valence-electron chi connectivity index (χ4n) is 3.92. The van der Waals surface area contributed by atoms with Crippen LogP contribution < -0.4 is 10.6 Å². The van der Waals surface area contributed by atoms with Gasteiger partial charge in [0.1, 0.15) is 0 Å². The normalized spacial score (nSPS) is 28.0. The summed E-state index contributed by atoms with van der Waals surface area (Å²) in [5.74, 6) is 0. The van der Waals surface area contributed by atoms with Gasteiger partial charge in [-0.15, -0.1) is 0 Å². The van der Waals surface area contributed by atoms with Crippen LogP contribution in [0.25, 0.3) is 0 Å². The first-order valence-corrected chi connectivity index (χ1v) is 7.99. The number of fused-ring (bicyclic) bond motifs is 1. The third-order valence-electron chi connectivity index (χ3n) is 5.20. The third kappa shape index (κ3) is 2.45. The van der Waals surface area contributed by atoms with Crippen molar-refractivity contribution < 1.29 is 0 Å². The number of hydrogen-bond donors (Lipinski definition) is 1. The second-order valence-electron chi connectivity index (χ2n) is 6.47. The highest BCUT2D eigenvalue weighted by Gasteiger charge is 2.38. The Bertz CT molecular complexity index is 459. The van der Waals surface area contributed by atoms with Crippen molar-refractivity contribution in [3.63, 3.8) is 0 Å². The highest BCUT2D eigenvalue weighted by atomic mass is 15.2. The first kappa shape index (κ1) is 13.9. The molecular formula is C17H27N3. The summed E-state index contributed by atoms with van der Waals surface area (Å²) in [7, 11) is 2.23. The number of benzene rings is 1. The predicted molar refractivity (Wildman–Crippen MR) is 85.2 cm³/mol. The molecule has 2 aliphatic heterocycles. The molecule has 1 atom stereocenters. The highest BCUT2D eigenvalue weighted by Crippen LogP contribution is 2.37. The molecule has 2 N–H and O–H groups in total. The molecule has 0 spiro atoms. The summed E-state index contributed by atoms with van der Waals surface area (Å²) in [5.41, 5.74) is 9.39. The summed E-state index contributed by atoms with van der Waals surface area (Å²) in [4.78, 5) is 5.10. The van der Waals surface area contributed by atoms with E-state index in [2.05, 4.69) is 41.1 Å². The molecule has 110 valence electrons. The second-order valence-corrected chi connectivity index (χ2v) is 6.47. The zero-order chi connectivity index (χ0) is 14.0. The largest absolute Gasteiger partial charge is 0.364 e. The first-order chi connectivity index (χ1) is 9.75. The molecule has 1 aromatic carbocycles. The Morgan fingerprint density at radius 3 is 2.80 bits per heavy atom. The third-order valence-corrected chi connectivity index (χ3v) is 5.20. The van der Waals surface area contributed by atoms with Gasteiger partial charge in [-0.2, -0.15) is 0 Å². The average Bonchev–Trinajstić information content (AvgIpc) is 2.69. The van der Waals surface area contributed by atoms with Gasteiger partial charge in [-0.3, -0.25) is 0 Å². The molecule has 1 fully saturated rings. The fraction of sp³-hybridized carbons (Fsp3) is 0.647. The maximum absolute atomic E-state index is 6.28. The molecule has 1 unspecified atom stereocenters. The van der Waals surface area contributed by atoms with Crippen LogP contribution in [0.4, 0.5) is 5.69 Å². The number of nitrogens with zero attached hydrogens (tertiary/aromatic N) is 2. The quantitative estimate of drug-likeness (QED) is 0.897. The van der Waals surface area contributed by atoms with E-state index in [1.807, 2.05) is 0 Å². The van der Waals surface area contributed by atoms with Crippen molar-refractivity contribution in [2.24, 2.45) is 5.73 Å². The van der Waals surface area contributed by atoms with Crippen molar-refractivity contribution in [3.05, 3.63) is 29.8 Å². The van der Waals surface area contributed by atoms with Gasteiger partial charge in [-0.1, -0.05) is 18.2 Å². The minimum atomic E-state index is 0.168. The van der Waals surface area contributed by atoms with Crippen LogP contribution in [0.15, 0.2) is 24.3 Å². The Morgan fingerprint density at radius 1 is 1.10 bits per heavy atom. The van der Waals surface area contributed by atoms with E-state index >= 15 is 0 Å². The van der Waals surface area contributed by atoms with Gasteiger partial charge in [-0.25, -0.2) is 0 Å². The van der Waals surface area contributed by atoms with Gasteiger partial charge < -0.3 is 15.5 Å². The number of likely N-dealkylation sites (tertiary alicyclic amines) is 1. The molecular weight excluding hydrogens is 246 g/mol. The van der Waals surface area contributed by atoms with Gasteiger partial charge in [-0.05, 0) is 57.3 Å². The standard InChI is InChI=1S/C17H27N3/c1-19-11-5-9-17(14-18,10-13-19)20-12-4-7-15-6-2-3-8-16(15)20/h2-3,6,8H,4-5,7,9-14,18H2,1H3. The zero-order valence-corrected chi connectivity index (χ0v) is 12.6. The molecule has 3 rings (SSSR count). The van der Waals surface area contributed by atoms with Gasteiger partial charge in [0.25, 0.3) is 0 Å². The van der Waals surface area contributed by atoms with Crippen molar-refractivity contribution in [2.75, 3.05) is 38.1 Å². The lowest BCUT2D eigenvalue weighted by Gasteiger charge is -2.47. The minimum absolute atomic E-state index is 0.168. The molecule has 0 radical (unpaired) electrons. The van der Waals surface area contributed by atoms with Crippen LogP contribution >= 0.6 is 0 Å². The van der Waals surface area contributed by atoms with Gasteiger partial charge in [0.05, 0.1) is 5.54 Å². The van der Waals surface area contributed by atoms with E-state index in [9.17, 15) is 0 Å². The molecule has 2 heterocycles. The van der Waals surface area contributed by atoms with Crippen LogP contribution in [0.5, 0.6) is 0 Å². The molecule has 0 saturated carbocycles. The van der Waals surface area contributed by atoms with Crippen molar-refractivity contribution >= 4 is 5.69 Å². The number of nitrogens with two attached hydrogens (primary N) is 1. The molecule has 3 heteroatoms. The lowest BCUT2D eigenvalue weighted by Crippen LogP contribution is -2.56. The van der Waals surface area contributed by atoms with Gasteiger partial charge in [0.2, 0.25) is 0 Å². The van der Waals surface area contributed by atoms with Crippen LogP contribution in [-0.2, 0) is 6.42 Å². The SMILES string of the molecule is CN1CCCC(CN)(N2CCCc3ccccc32)CC1. The second kappa shape index (κ2) is 5.74. The van der Waals surface area contributed by atoms with E-state index in [1.165, 1.54) is 49.9 Å². The predicted octanol–water partition coefficient (Wildman–Crippen LogP) is 2.25. The van der Waals surface area contributed by atoms with Gasteiger partial charge >= 0.3 is 0 Å². The Morgan fingerprint density at radius 2 is 1.95 bits per heavy atom. The maximum Gasteiger partial charge on any atom is 0.0536 e. The van der Waals surface area contributed by atoms with E-state index in [4.69, 9.17) is 5.73 Å². The number of para-hydroxylation sites is 1. The zero-order valence-electron chi connectivity index (χ0n) is 12.6. The summed E-state index contributed by atoms with van der Waals surface area (Å²) in [5, 5.41) is 0. The summed E-state index contributed by atoms with van der Waals surface area (Å²) in [6, 6.07) is 8.91. The molecule has 1 saturated heterocycles. The Kier molecular flexibility index (Phi) is 3.99. The fourth-order valence-corrected chi connectivity index (χ4v) is 3.92. The lowest BCUT2D eigenvalue weighted by atomic mass is 9.85. The molecule has 0 aromatic heterocycles. The summed E-state index contributed by atoms with van der Waals surface area (Å²) in [6.07, 6.45) is 6.14. The van der Waals surface area contributed by atoms with Crippen molar-refractivity contribution in [3.8, 4) is 0 Å². The summed E-state index contributed by atoms with van der Waals surface area (Å²) < 4.78 is 0. The minimum Gasteiger partial charge on any atom is -0.364 e. The van der Waals surface area contributed by atoms with E-state index in [0.29, 0.717) is 0 Å². The summed E-state index contributed by atoms with van der Waals surface area (Å²) in [6.45, 7) is 4.31. The van der Waals surface area contributed by atoms with Crippen LogP contribution in [-0.4, -0.2) is 43.7 Å². The molecule has 0 bridgehead atoms. The van der Waals surface area contributed by atoms with E-state index < -0.39 is 0 Å². The molecule has 1 aromatic rings. The van der Waals surface area contributed by atoms with Crippen molar-refractivity contribution in [1.29, 1.82) is 0 Å². The molecule has 2 aliphatic rings. The van der Waals surface area contributed by atoms with E-state index in [-0.39, 0.29) is 5.54 Å². The van der Waals surface area contributed by atoms with Gasteiger partial charge in [0, 0.05) is 25.3 Å². The Hall–Kier alpha value is -1.06. The summed E-state index contributed by atoms with van der Waals surface area (Å²) >= 11 is 0. The molecule has 0 amide bonds. The topological polar surface area (TPSA) is 32.5 Å².